The molecule has 0 saturated carbocycles. The number of β-amino-alcohol motifs (C(OH)–C–C–N with tert-alkyl or cyclic N) is 1. The number of hydrogen-bond acceptors (Lipinski definition) is 26. The van der Waals surface area contributed by atoms with E-state index in [9.17, 15) is 96.1 Å². The van der Waals surface area contributed by atoms with Crippen molar-refractivity contribution in [1.29, 1.82) is 10.5 Å². The molecule has 2 unspecified atom stereocenters. The first kappa shape index (κ1) is 102. The van der Waals surface area contributed by atoms with Crippen molar-refractivity contribution < 1.29 is 145 Å². The number of alkyl halides is 12. The first-order chi connectivity index (χ1) is 64.8. The van der Waals surface area contributed by atoms with E-state index in [-0.39, 0.29) is 88.3 Å². The number of carbonyl (C=O) groups is 6. The van der Waals surface area contributed by atoms with Crippen LogP contribution in [0.5, 0.6) is 63.2 Å². The number of carbonyl (C=O) groups excluding carboxylic acids is 4. The number of rotatable bonds is 20. The fourth-order valence-electron chi connectivity index (χ4n) is 13.3. The molecule has 137 heavy (non-hydrogen) atoms. The van der Waals surface area contributed by atoms with E-state index in [1.807, 2.05) is 4.90 Å². The van der Waals surface area contributed by atoms with Gasteiger partial charge in [0.1, 0.15) is 23.0 Å². The minimum Gasteiger partial charge on any atom is -0.493 e. The molecule has 3 fully saturated rings. The number of carboxylic acid groups (broad SMARTS) is 2. The highest BCUT2D eigenvalue weighted by Gasteiger charge is 2.43. The molecule has 0 radical (unpaired) electrons. The molecule has 7 aliphatic heterocycles. The van der Waals surface area contributed by atoms with Crippen LogP contribution < -0.4 is 33.2 Å². The molecule has 15 rings (SSSR count). The summed E-state index contributed by atoms with van der Waals surface area (Å²) in [5, 5.41) is 65.8. The normalized spacial score (nSPS) is 17.6. The lowest BCUT2D eigenvalue weighted by Gasteiger charge is -2.37. The predicted molar refractivity (Wildman–Crippen MR) is 481 cm³/mol. The molecule has 7 aliphatic rings. The van der Waals surface area contributed by atoms with Crippen molar-refractivity contribution in [3.05, 3.63) is 237 Å². The van der Waals surface area contributed by atoms with Crippen molar-refractivity contribution in [2.45, 2.75) is 56.7 Å². The minimum absolute atomic E-state index is 0.00693. The predicted octanol–water partition coefficient (Wildman–Crippen LogP) is 18.5. The number of piperidine rings is 1. The van der Waals surface area contributed by atoms with Crippen LogP contribution in [0.2, 0.25) is 5.02 Å². The number of benzene rings is 8. The van der Waals surface area contributed by atoms with E-state index in [0.29, 0.717) is 88.8 Å². The van der Waals surface area contributed by atoms with Crippen molar-refractivity contribution >= 4 is 139 Å². The van der Waals surface area contributed by atoms with Crippen molar-refractivity contribution in [3.63, 3.8) is 0 Å². The molecule has 8 aromatic carbocycles. The Kier molecular flexibility index (Phi) is 32.6. The molecule has 0 bridgehead atoms. The molecule has 5 N–H and O–H groups in total. The van der Waals surface area contributed by atoms with Gasteiger partial charge in [0, 0.05) is 57.9 Å². The summed E-state index contributed by atoms with van der Waals surface area (Å²) in [6.07, 6.45) is -12.6. The lowest BCUT2D eigenvalue weighted by molar-refractivity contribution is -0.146. The molecular weight excluding hydrogens is 1930 g/mol. The fourth-order valence-corrected chi connectivity index (χ4v) is 17.1. The lowest BCUT2D eigenvalue weighted by Crippen LogP contribution is -2.51. The number of likely N-dealkylation sites (tertiary alicyclic amines) is 3. The number of methoxy groups -OCH3 is 3. The van der Waals surface area contributed by atoms with Crippen molar-refractivity contribution in [3.8, 4) is 75.4 Å². The number of aryl methyl sites for hydroxylation is 1. The summed E-state index contributed by atoms with van der Waals surface area (Å²) in [7, 11) is 5.63. The van der Waals surface area contributed by atoms with Gasteiger partial charge in [-0.25, -0.2) is 4.39 Å². The van der Waals surface area contributed by atoms with Gasteiger partial charge in [0.15, 0.2) is 66.7 Å². The van der Waals surface area contributed by atoms with Crippen molar-refractivity contribution in [2.24, 2.45) is 31.8 Å². The van der Waals surface area contributed by atoms with Crippen LogP contribution in [-0.2, 0) is 53.5 Å². The number of amidine groups is 4. The Bertz CT molecular complexity index is 6420. The van der Waals surface area contributed by atoms with Gasteiger partial charge in [0.2, 0.25) is 0 Å². The maximum absolute atomic E-state index is 14.6. The van der Waals surface area contributed by atoms with Gasteiger partial charge in [-0.15, -0.1) is 0 Å². The number of halogens is 14. The number of aliphatic carboxylic acids is 2. The molecule has 4 amide bonds. The number of aliphatic hydroxyl groups excluding tert-OH is 3. The van der Waals surface area contributed by atoms with Crippen LogP contribution >= 0.6 is 58.6 Å². The van der Waals surface area contributed by atoms with Crippen molar-refractivity contribution in [1.82, 2.24) is 19.6 Å². The van der Waals surface area contributed by atoms with E-state index < -0.39 is 148 Å². The number of hydrogen-bond donors (Lipinski definition) is 5. The second-order valence-electron chi connectivity index (χ2n) is 30.2. The van der Waals surface area contributed by atoms with Gasteiger partial charge >= 0.3 is 36.6 Å². The number of carboxylic acids is 2. The second-order valence-corrected chi connectivity index (χ2v) is 34.7. The lowest BCUT2D eigenvalue weighted by atomic mass is 10.0. The Labute approximate surface area is 791 Å². The number of ether oxygens (including phenoxy) is 7. The average Bonchev–Trinajstić information content (AvgIpc) is 0.844. The molecular formula is C91H72ClF13N10O18S4. The number of amides is 4. The Hall–Kier alpha value is -13.5. The molecule has 0 aromatic heterocycles. The second kappa shape index (κ2) is 43.6. The minimum atomic E-state index is -4.74. The van der Waals surface area contributed by atoms with Gasteiger partial charge in [-0.2, -0.15) is 83.2 Å². The van der Waals surface area contributed by atoms with E-state index in [0.717, 1.165) is 90.2 Å². The highest BCUT2D eigenvalue weighted by molar-refractivity contribution is 8.19. The molecule has 28 nitrogen and oxygen atoms in total. The van der Waals surface area contributed by atoms with Crippen LogP contribution in [0.3, 0.4) is 0 Å². The molecule has 8 aromatic rings. The molecule has 46 heteroatoms. The monoisotopic (exact) mass is 2000 g/mol. The summed E-state index contributed by atoms with van der Waals surface area (Å²) in [5.74, 6) is -7.42. The van der Waals surface area contributed by atoms with Gasteiger partial charge in [0.25, 0.3) is 23.6 Å². The fraction of sp³-hybridized carbons (Fsp3) is 0.253. The zero-order valence-electron chi connectivity index (χ0n) is 71.5. The first-order valence-electron chi connectivity index (χ1n) is 40.1. The Morgan fingerprint density at radius 1 is 0.482 bits per heavy atom. The Balaban J connectivity index is 0.000000164. The number of aliphatic hydroxyl groups is 3. The third-order valence-electron chi connectivity index (χ3n) is 20.2. The smallest absolute Gasteiger partial charge is 0.420 e. The summed E-state index contributed by atoms with van der Waals surface area (Å²) >= 11 is 10.2. The quantitative estimate of drug-likeness (QED) is 0.0349. The number of nitriles is 2. The van der Waals surface area contributed by atoms with Crippen LogP contribution in [0.15, 0.2) is 185 Å². The summed E-state index contributed by atoms with van der Waals surface area (Å²) in [6, 6.07) is 33.2. The summed E-state index contributed by atoms with van der Waals surface area (Å²) in [4.78, 5) is 94.9. The molecule has 7 heterocycles. The summed E-state index contributed by atoms with van der Waals surface area (Å²) in [6.45, 7) is 3.35. The standard InChI is InChI=1S/C24H20F3N3O4S.C23H16F3N3O5S.C22H20ClF3N2O5S.C22H16F4N2O4S/c1-33-20-10-14(11-21-22(32)29-23(35-21)30-8-2-3-16(31)13-30)4-7-19(20)34-18-6-5-15(12-28)9-17(18)24(25,26)27;1-33-18-7-12(8-19-20(30)28-22(35-19)29-10-14(11-29)21(31)32)2-5-17(18)34-16-4-3-13(9-27)6-15(16)23(24,25)26;1-28(10-14(30)11-29)21-27-20(31)19(34-21)8-12-3-5-17(18(7-12)32-2)33-16-6-4-13(23)9-15(16)22(24,25)26;1-11-2-4-16(14(6-11)22(24,25)26)32-17-5-3-12(7-15(17)23)8-18-19(29)27-21(33-18)28-9-13(10-28)20(30)31/h4-7,9-11,16,31H,2-3,8,13H2,1H3;2-8,14H,10-11H2,1H3,(H,31,32);3-9,14,29-30H,10-11H2,1-2H3;2-8,13H,9-10H2,1H3,(H,30,31)/b21-11-;2*19-8-;18-8-. The van der Waals surface area contributed by atoms with Gasteiger partial charge in [-0.1, -0.05) is 47.5 Å². The summed E-state index contributed by atoms with van der Waals surface area (Å²) in [5.41, 5.74) is -2.23. The summed E-state index contributed by atoms with van der Waals surface area (Å²) < 4.78 is 213. The van der Waals surface area contributed by atoms with Crippen LogP contribution in [0.4, 0.5) is 57.1 Å². The average molecular weight is 2000 g/mol. The number of nitrogens with zero attached hydrogens (tertiary/aromatic N) is 10. The Morgan fingerprint density at radius 2 is 0.825 bits per heavy atom. The largest absolute Gasteiger partial charge is 0.493 e. The van der Waals surface area contributed by atoms with Gasteiger partial charge < -0.3 is 78.3 Å². The van der Waals surface area contributed by atoms with E-state index in [2.05, 4.69) is 20.0 Å². The molecule has 3 saturated heterocycles. The highest BCUT2D eigenvalue weighted by Crippen LogP contribution is 2.48. The number of aliphatic imine (C=N–C) groups is 4. The zero-order chi connectivity index (χ0) is 99.4. The van der Waals surface area contributed by atoms with E-state index in [1.165, 1.54) is 125 Å². The van der Waals surface area contributed by atoms with Crippen LogP contribution in [-0.4, -0.2) is 194 Å². The van der Waals surface area contributed by atoms with E-state index >= 15 is 0 Å². The maximum Gasteiger partial charge on any atom is 0.420 e. The number of likely N-dealkylation sites (N-methyl/N-ethyl adjacent to an activating group) is 1. The molecule has 716 valence electrons. The van der Waals surface area contributed by atoms with E-state index in [1.54, 1.807) is 64.2 Å². The molecule has 2 atom stereocenters. The van der Waals surface area contributed by atoms with Crippen molar-refractivity contribution in [2.75, 3.05) is 80.8 Å². The topological polar surface area (TPSA) is 378 Å². The van der Waals surface area contributed by atoms with Crippen LogP contribution in [0.25, 0.3) is 24.3 Å². The van der Waals surface area contributed by atoms with Crippen LogP contribution in [0, 0.1) is 47.2 Å². The van der Waals surface area contributed by atoms with Gasteiger partial charge in [0.05, 0.1) is 117 Å². The van der Waals surface area contributed by atoms with Gasteiger partial charge in [-0.3, -0.25) is 28.8 Å². The molecule has 0 aliphatic carbocycles. The van der Waals surface area contributed by atoms with Gasteiger partial charge in [-0.05, 0) is 229 Å². The Morgan fingerprint density at radius 3 is 1.20 bits per heavy atom. The zero-order valence-corrected chi connectivity index (χ0v) is 75.5. The third-order valence-corrected chi connectivity index (χ3v) is 24.7. The van der Waals surface area contributed by atoms with Crippen LogP contribution in [0.1, 0.15) is 74.0 Å². The SMILES string of the molecule is COc1cc(/C=C2\SC(N(C)CC(O)CO)=NC2=O)ccc1Oc1ccc(Cl)cc1C(F)(F)F.COc1cc(/C=C2\SC(N3CC(C(=O)O)C3)=NC2=O)ccc1Oc1ccc(C#N)cc1C(F)(F)F.COc1cc(/C=C2\SC(N3CCCC(O)C3)=NC2=O)ccc1Oc1ccc(C#N)cc1C(F)(F)F.Cc1ccc(Oc2ccc(/C=C3\SC(N4CC(C(=O)O)C4)=NC3=O)cc2F)c(C(F)(F)F)c1. The number of thioether (sulfide) groups is 4. The maximum atomic E-state index is 14.6. The highest BCUT2D eigenvalue weighted by atomic mass is 35.5. The third kappa shape index (κ3) is 26.2. The molecule has 0 spiro atoms. The first-order valence-corrected chi connectivity index (χ1v) is 43.7. The van der Waals surface area contributed by atoms with E-state index in [4.69, 9.17) is 70.6 Å².